The van der Waals surface area contributed by atoms with Crippen LogP contribution >= 0.6 is 0 Å². The third-order valence-corrected chi connectivity index (χ3v) is 5.96. The number of carbonyl (C=O) groups is 1. The van der Waals surface area contributed by atoms with Gasteiger partial charge in [0.25, 0.3) is 0 Å². The molecule has 0 bridgehead atoms. The minimum absolute atomic E-state index is 0.156. The first-order valence-corrected chi connectivity index (χ1v) is 12.8. The van der Waals surface area contributed by atoms with E-state index in [-0.39, 0.29) is 12.5 Å². The second-order valence-corrected chi connectivity index (χ2v) is 8.90. The van der Waals surface area contributed by atoms with Crippen LogP contribution < -0.4 is 5.32 Å². The van der Waals surface area contributed by atoms with E-state index < -0.39 is 18.2 Å². The number of aliphatic hydroxyl groups excluding tert-OH is 3. The van der Waals surface area contributed by atoms with Crippen molar-refractivity contribution in [1.29, 1.82) is 0 Å². The predicted octanol–water partition coefficient (Wildman–Crippen LogP) is 5.25. The monoisotopic (exact) mass is 429 g/mol. The highest BCUT2D eigenvalue weighted by molar-refractivity contribution is 5.76. The van der Waals surface area contributed by atoms with E-state index in [1.165, 1.54) is 64.2 Å². The largest absolute Gasteiger partial charge is 0.394 e. The first kappa shape index (κ1) is 29.4. The molecule has 30 heavy (non-hydrogen) atoms. The average molecular weight is 430 g/mol. The summed E-state index contributed by atoms with van der Waals surface area (Å²) in [4.78, 5) is 12.1. The van der Waals surface area contributed by atoms with E-state index in [0.29, 0.717) is 12.8 Å². The van der Waals surface area contributed by atoms with Gasteiger partial charge in [0, 0.05) is 6.42 Å². The van der Waals surface area contributed by atoms with Gasteiger partial charge in [0.1, 0.15) is 6.10 Å². The molecule has 0 radical (unpaired) electrons. The molecule has 0 aliphatic rings. The zero-order chi connectivity index (χ0) is 22.5. The molecule has 0 heterocycles. The molecule has 0 fully saturated rings. The molecule has 0 spiro atoms. The van der Waals surface area contributed by atoms with Crippen molar-refractivity contribution in [3.05, 3.63) is 0 Å². The van der Waals surface area contributed by atoms with Gasteiger partial charge in [-0.15, -0.1) is 0 Å². The molecule has 0 aliphatic carbocycles. The van der Waals surface area contributed by atoms with Crippen LogP contribution in [0.3, 0.4) is 0 Å². The predicted molar refractivity (Wildman–Crippen MR) is 125 cm³/mol. The molecule has 5 heteroatoms. The van der Waals surface area contributed by atoms with Crippen LogP contribution in [-0.4, -0.2) is 46.1 Å². The quantitative estimate of drug-likeness (QED) is 0.177. The number of carbonyl (C=O) groups excluding carboxylic acids is 1. The van der Waals surface area contributed by atoms with Crippen LogP contribution in [0, 0.1) is 0 Å². The molecule has 0 aliphatic heterocycles. The standard InChI is InChI=1S/C25H51NO4/c1-3-5-7-9-11-12-14-15-17-19-23(28)25(30)22(21-27)26-24(29)20-18-16-13-10-8-6-4-2/h22-23,25,27-28,30H,3-21H2,1-2H3,(H,26,29)/t22-,23+,25-/m0/s1. The Kier molecular flexibility index (Phi) is 21.1. The summed E-state index contributed by atoms with van der Waals surface area (Å²) in [6.45, 7) is 4.06. The summed E-state index contributed by atoms with van der Waals surface area (Å²) in [5.74, 6) is -0.156. The van der Waals surface area contributed by atoms with Crippen molar-refractivity contribution in [2.75, 3.05) is 6.61 Å². The van der Waals surface area contributed by atoms with Gasteiger partial charge in [0.05, 0.1) is 18.8 Å². The Morgan fingerprint density at radius 1 is 0.700 bits per heavy atom. The first-order valence-electron chi connectivity index (χ1n) is 12.8. The molecule has 0 aromatic carbocycles. The molecule has 0 aromatic rings. The normalized spacial score (nSPS) is 14.4. The summed E-state index contributed by atoms with van der Waals surface area (Å²) in [7, 11) is 0. The van der Waals surface area contributed by atoms with Crippen molar-refractivity contribution in [3.63, 3.8) is 0 Å². The number of amides is 1. The lowest BCUT2D eigenvalue weighted by atomic mass is 9.99. The van der Waals surface area contributed by atoms with E-state index in [1.54, 1.807) is 0 Å². The molecule has 0 saturated carbocycles. The van der Waals surface area contributed by atoms with E-state index in [4.69, 9.17) is 0 Å². The molecule has 0 saturated heterocycles. The highest BCUT2D eigenvalue weighted by atomic mass is 16.3. The van der Waals surface area contributed by atoms with Gasteiger partial charge in [-0.05, 0) is 12.8 Å². The lowest BCUT2D eigenvalue weighted by molar-refractivity contribution is -0.124. The smallest absolute Gasteiger partial charge is 0.220 e. The summed E-state index contributed by atoms with van der Waals surface area (Å²) in [5.41, 5.74) is 0. The molecule has 5 nitrogen and oxygen atoms in total. The summed E-state index contributed by atoms with van der Waals surface area (Å²) >= 11 is 0. The summed E-state index contributed by atoms with van der Waals surface area (Å²) in [5, 5.41) is 32.8. The second-order valence-electron chi connectivity index (χ2n) is 8.90. The Balaban J connectivity index is 3.84. The van der Waals surface area contributed by atoms with E-state index in [1.807, 2.05) is 0 Å². The second kappa shape index (κ2) is 21.6. The Morgan fingerprint density at radius 2 is 1.13 bits per heavy atom. The Hall–Kier alpha value is -0.650. The van der Waals surface area contributed by atoms with Gasteiger partial charge < -0.3 is 20.6 Å². The Bertz CT molecular complexity index is 378. The Morgan fingerprint density at radius 3 is 1.60 bits per heavy atom. The molecule has 0 aromatic heterocycles. The molecular weight excluding hydrogens is 378 g/mol. The van der Waals surface area contributed by atoms with Gasteiger partial charge in [-0.25, -0.2) is 0 Å². The number of unbranched alkanes of at least 4 members (excludes halogenated alkanes) is 14. The highest BCUT2D eigenvalue weighted by Crippen LogP contribution is 2.14. The van der Waals surface area contributed by atoms with Crippen molar-refractivity contribution >= 4 is 5.91 Å². The van der Waals surface area contributed by atoms with Gasteiger partial charge in [-0.3, -0.25) is 4.79 Å². The summed E-state index contributed by atoms with van der Waals surface area (Å²) < 4.78 is 0. The molecule has 180 valence electrons. The fourth-order valence-corrected chi connectivity index (χ4v) is 3.86. The highest BCUT2D eigenvalue weighted by Gasteiger charge is 2.26. The van der Waals surface area contributed by atoms with Gasteiger partial charge in [0.2, 0.25) is 5.91 Å². The van der Waals surface area contributed by atoms with E-state index in [2.05, 4.69) is 19.2 Å². The van der Waals surface area contributed by atoms with E-state index in [9.17, 15) is 20.1 Å². The van der Waals surface area contributed by atoms with Crippen molar-refractivity contribution in [2.45, 2.75) is 148 Å². The number of aliphatic hydroxyl groups is 3. The molecular formula is C25H51NO4. The van der Waals surface area contributed by atoms with Crippen LogP contribution in [0.15, 0.2) is 0 Å². The first-order chi connectivity index (χ1) is 14.6. The summed E-state index contributed by atoms with van der Waals surface area (Å²) in [6.07, 6.45) is 17.7. The molecule has 0 unspecified atom stereocenters. The van der Waals surface area contributed by atoms with Crippen LogP contribution in [0.25, 0.3) is 0 Å². The maximum atomic E-state index is 12.1. The van der Waals surface area contributed by atoms with E-state index >= 15 is 0 Å². The van der Waals surface area contributed by atoms with Gasteiger partial charge >= 0.3 is 0 Å². The topological polar surface area (TPSA) is 89.8 Å². The zero-order valence-electron chi connectivity index (χ0n) is 19.9. The molecule has 4 N–H and O–H groups in total. The SMILES string of the molecule is CCCCCCCCCCC[C@@H](O)[C@@H](O)[C@H](CO)NC(=O)CCCCCCCCC. The van der Waals surface area contributed by atoms with Crippen LogP contribution in [0.1, 0.15) is 129 Å². The van der Waals surface area contributed by atoms with Crippen LogP contribution in [0.2, 0.25) is 0 Å². The van der Waals surface area contributed by atoms with Crippen molar-refractivity contribution in [2.24, 2.45) is 0 Å². The maximum absolute atomic E-state index is 12.1. The minimum Gasteiger partial charge on any atom is -0.394 e. The van der Waals surface area contributed by atoms with Gasteiger partial charge in [-0.2, -0.15) is 0 Å². The van der Waals surface area contributed by atoms with Crippen LogP contribution in [-0.2, 0) is 4.79 Å². The van der Waals surface area contributed by atoms with Crippen LogP contribution in [0.4, 0.5) is 0 Å². The Labute approximate surface area is 186 Å². The fourth-order valence-electron chi connectivity index (χ4n) is 3.86. The third kappa shape index (κ3) is 17.1. The minimum atomic E-state index is -1.12. The molecule has 3 atom stereocenters. The number of nitrogens with one attached hydrogen (secondary N) is 1. The van der Waals surface area contributed by atoms with Gasteiger partial charge in [-0.1, -0.05) is 110 Å². The fraction of sp³-hybridized carbons (Fsp3) is 0.960. The zero-order valence-corrected chi connectivity index (χ0v) is 19.9. The van der Waals surface area contributed by atoms with E-state index in [0.717, 1.165) is 38.5 Å². The number of hydrogen-bond donors (Lipinski definition) is 4. The molecule has 1 amide bonds. The molecule has 0 rings (SSSR count). The third-order valence-electron chi connectivity index (χ3n) is 5.96. The van der Waals surface area contributed by atoms with Gasteiger partial charge in [0.15, 0.2) is 0 Å². The van der Waals surface area contributed by atoms with Crippen LogP contribution in [0.5, 0.6) is 0 Å². The van der Waals surface area contributed by atoms with Crippen molar-refractivity contribution in [3.8, 4) is 0 Å². The average Bonchev–Trinajstić information content (AvgIpc) is 2.75. The number of hydrogen-bond acceptors (Lipinski definition) is 4. The lowest BCUT2D eigenvalue weighted by Gasteiger charge is -2.26. The maximum Gasteiger partial charge on any atom is 0.220 e. The summed E-state index contributed by atoms with van der Waals surface area (Å²) in [6, 6.07) is -0.796. The lowest BCUT2D eigenvalue weighted by Crippen LogP contribution is -2.50. The number of rotatable bonds is 22. The van der Waals surface area contributed by atoms with Crippen molar-refractivity contribution in [1.82, 2.24) is 5.32 Å². The van der Waals surface area contributed by atoms with Crippen molar-refractivity contribution < 1.29 is 20.1 Å².